The Hall–Kier alpha value is -0.160. The standard InChI is InChI=1S/C17H21Br2NS/c1-4-20-16(15-10-14(18)17(19)21-15)13-7-5-6-12(9-13)8-11(2)3/h5-7,9-11,16,20H,4,8H2,1-3H3. The molecule has 1 atom stereocenters. The van der Waals surface area contributed by atoms with Crippen LogP contribution in [0.25, 0.3) is 0 Å². The highest BCUT2D eigenvalue weighted by atomic mass is 79.9. The van der Waals surface area contributed by atoms with Crippen LogP contribution >= 0.6 is 43.2 Å². The van der Waals surface area contributed by atoms with Crippen molar-refractivity contribution in [1.29, 1.82) is 0 Å². The first-order valence-electron chi connectivity index (χ1n) is 7.28. The second kappa shape index (κ2) is 7.91. The molecular formula is C17H21Br2NS. The fourth-order valence-corrected chi connectivity index (χ4v) is 4.66. The Morgan fingerprint density at radius 2 is 1.95 bits per heavy atom. The molecule has 0 bridgehead atoms. The summed E-state index contributed by atoms with van der Waals surface area (Å²) in [6.45, 7) is 7.64. The van der Waals surface area contributed by atoms with Crippen LogP contribution in [-0.4, -0.2) is 6.54 Å². The molecule has 0 aliphatic heterocycles. The third-order valence-corrected chi connectivity index (χ3v) is 6.61. The number of nitrogens with one attached hydrogen (secondary N) is 1. The molecule has 0 amide bonds. The van der Waals surface area contributed by atoms with E-state index >= 15 is 0 Å². The maximum absolute atomic E-state index is 3.61. The van der Waals surface area contributed by atoms with Crippen molar-refractivity contribution in [2.24, 2.45) is 5.92 Å². The van der Waals surface area contributed by atoms with Gasteiger partial charge in [-0.15, -0.1) is 11.3 Å². The van der Waals surface area contributed by atoms with Crippen LogP contribution in [-0.2, 0) is 6.42 Å². The predicted octanol–water partition coefficient (Wildman–Crippen LogP) is 6.17. The van der Waals surface area contributed by atoms with Crippen molar-refractivity contribution in [3.05, 3.63) is 54.6 Å². The molecule has 0 saturated carbocycles. The van der Waals surface area contributed by atoms with Crippen molar-refractivity contribution in [1.82, 2.24) is 5.32 Å². The maximum atomic E-state index is 3.61. The van der Waals surface area contributed by atoms with Gasteiger partial charge in [-0.3, -0.25) is 0 Å². The molecule has 2 aromatic rings. The zero-order valence-corrected chi connectivity index (χ0v) is 16.6. The second-order valence-corrected chi connectivity index (χ2v) is 8.86. The first-order valence-corrected chi connectivity index (χ1v) is 9.68. The van der Waals surface area contributed by atoms with Crippen LogP contribution in [0.5, 0.6) is 0 Å². The molecule has 1 aromatic carbocycles. The van der Waals surface area contributed by atoms with Gasteiger partial charge in [-0.05, 0) is 67.9 Å². The summed E-state index contributed by atoms with van der Waals surface area (Å²) < 4.78 is 2.28. The molecule has 4 heteroatoms. The summed E-state index contributed by atoms with van der Waals surface area (Å²) in [7, 11) is 0. The number of rotatable bonds is 6. The third-order valence-electron chi connectivity index (χ3n) is 3.29. The predicted molar refractivity (Wildman–Crippen MR) is 100 cm³/mol. The minimum absolute atomic E-state index is 0.259. The molecular weight excluding hydrogens is 410 g/mol. The lowest BCUT2D eigenvalue weighted by Crippen LogP contribution is -2.21. The van der Waals surface area contributed by atoms with Crippen molar-refractivity contribution in [3.8, 4) is 0 Å². The largest absolute Gasteiger partial charge is 0.306 e. The minimum Gasteiger partial charge on any atom is -0.306 e. The molecule has 0 aliphatic carbocycles. The Balaban J connectivity index is 2.33. The van der Waals surface area contributed by atoms with Crippen molar-refractivity contribution < 1.29 is 0 Å². The molecule has 1 unspecified atom stereocenters. The maximum Gasteiger partial charge on any atom is 0.0843 e. The Bertz CT molecular complexity index is 573. The summed E-state index contributed by atoms with van der Waals surface area (Å²) in [6, 6.07) is 11.4. The highest BCUT2D eigenvalue weighted by molar-refractivity contribution is 9.13. The molecule has 114 valence electrons. The van der Waals surface area contributed by atoms with E-state index < -0.39 is 0 Å². The first kappa shape index (κ1) is 17.2. The van der Waals surface area contributed by atoms with Gasteiger partial charge >= 0.3 is 0 Å². The molecule has 0 spiro atoms. The molecule has 0 radical (unpaired) electrons. The molecule has 1 N–H and O–H groups in total. The number of hydrogen-bond donors (Lipinski definition) is 1. The molecule has 2 rings (SSSR count). The van der Waals surface area contributed by atoms with E-state index in [0.29, 0.717) is 5.92 Å². The summed E-state index contributed by atoms with van der Waals surface area (Å²) in [5.41, 5.74) is 2.76. The third kappa shape index (κ3) is 4.65. The second-order valence-electron chi connectivity index (χ2n) is 5.60. The molecule has 1 aromatic heterocycles. The Labute approximate surface area is 148 Å². The highest BCUT2D eigenvalue weighted by Crippen LogP contribution is 2.37. The van der Waals surface area contributed by atoms with E-state index in [9.17, 15) is 0 Å². The summed E-state index contributed by atoms with van der Waals surface area (Å²) in [4.78, 5) is 1.33. The van der Waals surface area contributed by atoms with E-state index in [0.717, 1.165) is 21.2 Å². The van der Waals surface area contributed by atoms with Gasteiger partial charge in [0.1, 0.15) is 0 Å². The van der Waals surface area contributed by atoms with Gasteiger partial charge in [-0.1, -0.05) is 45.0 Å². The van der Waals surface area contributed by atoms with Crippen LogP contribution in [0, 0.1) is 5.92 Å². The van der Waals surface area contributed by atoms with E-state index in [1.54, 1.807) is 11.3 Å². The Morgan fingerprint density at radius 1 is 1.19 bits per heavy atom. The van der Waals surface area contributed by atoms with Gasteiger partial charge in [0.05, 0.1) is 9.83 Å². The van der Waals surface area contributed by atoms with E-state index in [-0.39, 0.29) is 6.04 Å². The average molecular weight is 431 g/mol. The van der Waals surface area contributed by atoms with Gasteiger partial charge in [0.25, 0.3) is 0 Å². The number of benzene rings is 1. The molecule has 1 nitrogen and oxygen atoms in total. The number of halogens is 2. The van der Waals surface area contributed by atoms with Gasteiger partial charge in [0.2, 0.25) is 0 Å². The summed E-state index contributed by atoms with van der Waals surface area (Å²) in [6.07, 6.45) is 1.13. The zero-order chi connectivity index (χ0) is 15.4. The van der Waals surface area contributed by atoms with Gasteiger partial charge < -0.3 is 5.32 Å². The van der Waals surface area contributed by atoms with Crippen LogP contribution in [0.4, 0.5) is 0 Å². The topological polar surface area (TPSA) is 12.0 Å². The van der Waals surface area contributed by atoms with Crippen LogP contribution in [0.3, 0.4) is 0 Å². The molecule has 0 aliphatic rings. The zero-order valence-electron chi connectivity index (χ0n) is 12.6. The van der Waals surface area contributed by atoms with E-state index in [2.05, 4.69) is 88.3 Å². The Kier molecular flexibility index (Phi) is 6.48. The summed E-state index contributed by atoms with van der Waals surface area (Å²) in [5.74, 6) is 0.683. The molecule has 0 saturated heterocycles. The van der Waals surface area contributed by atoms with E-state index in [1.165, 1.54) is 16.0 Å². The van der Waals surface area contributed by atoms with Crippen LogP contribution in [0.2, 0.25) is 0 Å². The fraction of sp³-hybridized carbons (Fsp3) is 0.412. The Morgan fingerprint density at radius 3 is 2.52 bits per heavy atom. The number of hydrogen-bond acceptors (Lipinski definition) is 2. The van der Waals surface area contributed by atoms with E-state index in [4.69, 9.17) is 0 Å². The SMILES string of the molecule is CCNC(c1cccc(CC(C)C)c1)c1cc(Br)c(Br)s1. The normalized spacial score (nSPS) is 12.9. The van der Waals surface area contributed by atoms with Crippen LogP contribution in [0.1, 0.15) is 42.8 Å². The van der Waals surface area contributed by atoms with Gasteiger partial charge in [0.15, 0.2) is 0 Å². The molecule has 0 fully saturated rings. The van der Waals surface area contributed by atoms with Gasteiger partial charge in [0, 0.05) is 9.35 Å². The van der Waals surface area contributed by atoms with E-state index in [1.807, 2.05) is 0 Å². The van der Waals surface area contributed by atoms with Crippen LogP contribution in [0.15, 0.2) is 38.6 Å². The summed E-state index contributed by atoms with van der Waals surface area (Å²) >= 11 is 8.97. The molecule has 21 heavy (non-hydrogen) atoms. The smallest absolute Gasteiger partial charge is 0.0843 e. The van der Waals surface area contributed by atoms with Crippen molar-refractivity contribution in [2.45, 2.75) is 33.2 Å². The van der Waals surface area contributed by atoms with Crippen LogP contribution < -0.4 is 5.32 Å². The van der Waals surface area contributed by atoms with Crippen molar-refractivity contribution in [3.63, 3.8) is 0 Å². The fourth-order valence-electron chi connectivity index (χ4n) is 2.46. The van der Waals surface area contributed by atoms with Gasteiger partial charge in [-0.25, -0.2) is 0 Å². The average Bonchev–Trinajstić information content (AvgIpc) is 2.75. The number of thiophene rings is 1. The highest BCUT2D eigenvalue weighted by Gasteiger charge is 2.17. The quantitative estimate of drug-likeness (QED) is 0.577. The van der Waals surface area contributed by atoms with Crippen molar-refractivity contribution in [2.75, 3.05) is 6.54 Å². The lowest BCUT2D eigenvalue weighted by molar-refractivity contribution is 0.630. The lowest BCUT2D eigenvalue weighted by atomic mass is 9.97. The molecule has 1 heterocycles. The monoisotopic (exact) mass is 429 g/mol. The van der Waals surface area contributed by atoms with Gasteiger partial charge in [-0.2, -0.15) is 0 Å². The first-order chi connectivity index (χ1) is 10.0. The van der Waals surface area contributed by atoms with Crippen molar-refractivity contribution >= 4 is 43.2 Å². The lowest BCUT2D eigenvalue weighted by Gasteiger charge is -2.18. The summed E-state index contributed by atoms with van der Waals surface area (Å²) in [5, 5.41) is 3.61. The minimum atomic E-state index is 0.259.